The molecule has 0 aromatic rings. The maximum atomic E-state index is 14.2. The number of hydrogen-bond acceptors (Lipinski definition) is 3. The highest BCUT2D eigenvalue weighted by Crippen LogP contribution is 2.60. The van der Waals surface area contributed by atoms with Gasteiger partial charge in [0.1, 0.15) is 5.60 Å². The fourth-order valence-corrected chi connectivity index (χ4v) is 6.83. The predicted molar refractivity (Wildman–Crippen MR) is 129 cm³/mol. The van der Waals surface area contributed by atoms with E-state index in [1.165, 1.54) is 25.8 Å². The Morgan fingerprint density at radius 1 is 1.21 bits per heavy atom. The molecule has 0 unspecified atom stereocenters. The van der Waals surface area contributed by atoms with Gasteiger partial charge >= 0.3 is 0 Å². The maximum Gasteiger partial charge on any atom is 0.275 e. The molecular formula is C28H44F2O3. The van der Waals surface area contributed by atoms with Crippen molar-refractivity contribution in [2.24, 2.45) is 23.2 Å². The summed E-state index contributed by atoms with van der Waals surface area (Å²) in [6.07, 6.45) is 10.5. The van der Waals surface area contributed by atoms with E-state index in [2.05, 4.69) is 32.6 Å². The van der Waals surface area contributed by atoms with Gasteiger partial charge in [0.2, 0.25) is 0 Å². The SMILES string of the molecule is C=C1/C(=C\C=C2/CCC[C@]3(C)[C@@H]([C@H](C)CCCC(F)(F)C(C)(C)O)CC[C@@H]23)C[C@@H](O)C[C@@H]1O. The molecule has 0 aliphatic heterocycles. The largest absolute Gasteiger partial charge is 0.393 e. The fraction of sp³-hybridized carbons (Fsp3) is 0.786. The molecule has 0 radical (unpaired) electrons. The molecule has 0 saturated heterocycles. The average Bonchev–Trinajstić information content (AvgIpc) is 3.06. The Morgan fingerprint density at radius 3 is 2.58 bits per heavy atom. The fourth-order valence-electron chi connectivity index (χ4n) is 6.83. The van der Waals surface area contributed by atoms with E-state index < -0.39 is 23.7 Å². The van der Waals surface area contributed by atoms with Gasteiger partial charge in [-0.15, -0.1) is 0 Å². The molecule has 3 N–H and O–H groups in total. The minimum atomic E-state index is -3.06. The van der Waals surface area contributed by atoms with E-state index in [9.17, 15) is 24.1 Å². The van der Waals surface area contributed by atoms with Gasteiger partial charge in [-0.25, -0.2) is 8.78 Å². The van der Waals surface area contributed by atoms with E-state index in [-0.39, 0.29) is 11.8 Å². The first kappa shape index (κ1) is 26.6. The zero-order valence-corrected chi connectivity index (χ0v) is 20.9. The number of alkyl halides is 2. The van der Waals surface area contributed by atoms with E-state index >= 15 is 0 Å². The molecular weight excluding hydrogens is 422 g/mol. The Morgan fingerprint density at radius 2 is 1.91 bits per heavy atom. The lowest BCUT2D eigenvalue weighted by Gasteiger charge is -2.44. The zero-order chi connectivity index (χ0) is 24.6. The molecule has 6 atom stereocenters. The van der Waals surface area contributed by atoms with Gasteiger partial charge in [0, 0.05) is 12.8 Å². The third kappa shape index (κ3) is 5.62. The predicted octanol–water partition coefficient (Wildman–Crippen LogP) is 6.34. The summed E-state index contributed by atoms with van der Waals surface area (Å²) in [7, 11) is 0. The van der Waals surface area contributed by atoms with Gasteiger partial charge in [0.15, 0.2) is 0 Å². The van der Waals surface area contributed by atoms with Crippen LogP contribution in [0.3, 0.4) is 0 Å². The minimum absolute atomic E-state index is 0.184. The molecule has 188 valence electrons. The molecule has 3 aliphatic carbocycles. The lowest BCUT2D eigenvalue weighted by atomic mass is 9.60. The quantitative estimate of drug-likeness (QED) is 0.410. The molecule has 0 aromatic heterocycles. The van der Waals surface area contributed by atoms with Crippen LogP contribution in [0.25, 0.3) is 0 Å². The van der Waals surface area contributed by atoms with Gasteiger partial charge in [-0.2, -0.15) is 0 Å². The van der Waals surface area contributed by atoms with E-state index in [0.717, 1.165) is 43.3 Å². The van der Waals surface area contributed by atoms with E-state index in [1.54, 1.807) is 0 Å². The Kier molecular flexibility index (Phi) is 7.98. The number of allylic oxidation sites excluding steroid dienone is 3. The number of halogens is 2. The second kappa shape index (κ2) is 9.91. The highest BCUT2D eigenvalue weighted by atomic mass is 19.3. The van der Waals surface area contributed by atoms with Gasteiger partial charge in [0.05, 0.1) is 12.2 Å². The highest BCUT2D eigenvalue weighted by molar-refractivity contribution is 5.38. The van der Waals surface area contributed by atoms with Gasteiger partial charge in [-0.05, 0) is 93.1 Å². The molecule has 5 heteroatoms. The normalized spacial score (nSPS) is 36.9. The minimum Gasteiger partial charge on any atom is -0.393 e. The molecule has 0 heterocycles. The van der Waals surface area contributed by atoms with E-state index in [4.69, 9.17) is 0 Å². The summed E-state index contributed by atoms with van der Waals surface area (Å²) >= 11 is 0. The molecule has 3 saturated carbocycles. The second-order valence-corrected chi connectivity index (χ2v) is 11.8. The van der Waals surface area contributed by atoms with Crippen molar-refractivity contribution in [3.63, 3.8) is 0 Å². The van der Waals surface area contributed by atoms with Crippen LogP contribution < -0.4 is 0 Å². The number of rotatable bonds is 7. The summed E-state index contributed by atoms with van der Waals surface area (Å²) in [6, 6.07) is 0. The van der Waals surface area contributed by atoms with Crippen molar-refractivity contribution in [2.75, 3.05) is 0 Å². The topological polar surface area (TPSA) is 60.7 Å². The summed E-state index contributed by atoms with van der Waals surface area (Å²) in [4.78, 5) is 0. The summed E-state index contributed by atoms with van der Waals surface area (Å²) < 4.78 is 28.3. The first-order valence-corrected chi connectivity index (χ1v) is 12.8. The molecule has 3 nitrogen and oxygen atoms in total. The number of aliphatic hydroxyl groups is 3. The van der Waals surface area contributed by atoms with Crippen molar-refractivity contribution in [1.29, 1.82) is 0 Å². The van der Waals surface area contributed by atoms with Crippen LogP contribution in [-0.2, 0) is 0 Å². The van der Waals surface area contributed by atoms with E-state index in [1.807, 2.05) is 0 Å². The van der Waals surface area contributed by atoms with Crippen molar-refractivity contribution < 1.29 is 24.1 Å². The summed E-state index contributed by atoms with van der Waals surface area (Å²) in [5, 5.41) is 29.9. The summed E-state index contributed by atoms with van der Waals surface area (Å²) in [5.41, 5.74) is 1.31. The standard InChI is InChI=1S/C28H44F2O3/c1-18(8-6-15-28(29,30)26(3,4)33)23-12-13-24-20(9-7-14-27(23,24)5)10-11-21-16-22(31)17-25(32)19(21)2/h10-11,18,22-25,31-33H,2,6-9,12-17H2,1,3-5H3/b20-10+,21-11-/t18-,22-,23-,24+,25+,27-/m1/s1. The Hall–Kier alpha value is -1.04. The van der Waals surface area contributed by atoms with Gasteiger partial charge < -0.3 is 15.3 Å². The lowest BCUT2D eigenvalue weighted by molar-refractivity contribution is -0.166. The molecule has 33 heavy (non-hydrogen) atoms. The molecule has 3 fully saturated rings. The third-order valence-corrected chi connectivity index (χ3v) is 9.03. The van der Waals surface area contributed by atoms with Gasteiger partial charge in [-0.3, -0.25) is 0 Å². The number of hydrogen-bond donors (Lipinski definition) is 3. The highest BCUT2D eigenvalue weighted by Gasteiger charge is 2.51. The Labute approximate surface area is 198 Å². The van der Waals surface area contributed by atoms with Crippen LogP contribution in [0.1, 0.15) is 91.9 Å². The first-order chi connectivity index (χ1) is 15.3. The monoisotopic (exact) mass is 466 g/mol. The Balaban J connectivity index is 1.67. The number of fused-ring (bicyclic) bond motifs is 1. The second-order valence-electron chi connectivity index (χ2n) is 11.8. The van der Waals surface area contributed by atoms with Crippen LogP contribution in [0.5, 0.6) is 0 Å². The molecule has 0 bridgehead atoms. The lowest BCUT2D eigenvalue weighted by Crippen LogP contribution is -2.42. The van der Waals surface area contributed by atoms with Crippen molar-refractivity contribution in [3.05, 3.63) is 35.5 Å². The summed E-state index contributed by atoms with van der Waals surface area (Å²) in [6.45, 7) is 11.0. The van der Waals surface area contributed by atoms with Crippen LogP contribution in [0.15, 0.2) is 35.5 Å². The summed E-state index contributed by atoms with van der Waals surface area (Å²) in [5.74, 6) is -1.67. The van der Waals surface area contributed by atoms with Crippen molar-refractivity contribution >= 4 is 0 Å². The van der Waals surface area contributed by atoms with Gasteiger partial charge in [0.25, 0.3) is 5.92 Å². The van der Waals surface area contributed by atoms with Crippen molar-refractivity contribution in [2.45, 2.75) is 116 Å². The first-order valence-electron chi connectivity index (χ1n) is 12.8. The average molecular weight is 467 g/mol. The molecule has 3 rings (SSSR count). The molecule has 0 spiro atoms. The zero-order valence-electron chi connectivity index (χ0n) is 20.9. The van der Waals surface area contributed by atoms with E-state index in [0.29, 0.717) is 37.0 Å². The number of aliphatic hydroxyl groups excluding tert-OH is 2. The van der Waals surface area contributed by atoms with Crippen LogP contribution >= 0.6 is 0 Å². The maximum absolute atomic E-state index is 14.2. The third-order valence-electron chi connectivity index (χ3n) is 9.03. The van der Waals surface area contributed by atoms with Crippen molar-refractivity contribution in [1.82, 2.24) is 0 Å². The van der Waals surface area contributed by atoms with Crippen LogP contribution in [-0.4, -0.2) is 39.1 Å². The molecule has 0 aromatic carbocycles. The molecule has 3 aliphatic rings. The van der Waals surface area contributed by atoms with Crippen LogP contribution in [0.4, 0.5) is 8.78 Å². The van der Waals surface area contributed by atoms with Crippen LogP contribution in [0, 0.1) is 23.2 Å². The van der Waals surface area contributed by atoms with Gasteiger partial charge in [-0.1, -0.05) is 44.6 Å². The smallest absolute Gasteiger partial charge is 0.275 e. The van der Waals surface area contributed by atoms with Crippen molar-refractivity contribution in [3.8, 4) is 0 Å². The Bertz CT molecular complexity index is 779. The van der Waals surface area contributed by atoms with Crippen LogP contribution in [0.2, 0.25) is 0 Å². The molecule has 0 amide bonds.